The predicted octanol–water partition coefficient (Wildman–Crippen LogP) is 4.11. The van der Waals surface area contributed by atoms with E-state index in [0.717, 1.165) is 23.3 Å². The van der Waals surface area contributed by atoms with Crippen LogP contribution in [-0.2, 0) is 10.0 Å². The van der Waals surface area contributed by atoms with Crippen molar-refractivity contribution in [2.45, 2.75) is 62.0 Å². The number of aryl methyl sites for hydroxylation is 1. The summed E-state index contributed by atoms with van der Waals surface area (Å²) in [5, 5.41) is 14.7. The fraction of sp³-hybridized carbons (Fsp3) is 0.538. The van der Waals surface area contributed by atoms with Gasteiger partial charge in [0.15, 0.2) is 0 Å². The molecule has 1 atom stereocenters. The van der Waals surface area contributed by atoms with Gasteiger partial charge in [0.2, 0.25) is 0 Å². The van der Waals surface area contributed by atoms with Crippen LogP contribution < -0.4 is 9.62 Å². The van der Waals surface area contributed by atoms with Crippen molar-refractivity contribution in [1.29, 1.82) is 0 Å². The van der Waals surface area contributed by atoms with E-state index in [0.29, 0.717) is 12.2 Å². The van der Waals surface area contributed by atoms with Gasteiger partial charge in [-0.2, -0.15) is 0 Å². The largest absolute Gasteiger partial charge is 0.390 e. The zero-order valence-corrected chi connectivity index (χ0v) is 19.6. The third-order valence-electron chi connectivity index (χ3n) is 7.78. The van der Waals surface area contributed by atoms with E-state index in [1.807, 2.05) is 31.2 Å². The van der Waals surface area contributed by atoms with Gasteiger partial charge in [-0.1, -0.05) is 35.9 Å². The number of hydrogen-bond acceptors (Lipinski definition) is 4. The first-order chi connectivity index (χ1) is 15.3. The molecule has 6 rings (SSSR count). The second-order valence-corrected chi connectivity index (χ2v) is 12.3. The van der Waals surface area contributed by atoms with E-state index in [1.165, 1.54) is 42.8 Å². The normalized spacial score (nSPS) is 29.8. The molecule has 5 nitrogen and oxygen atoms in total. The van der Waals surface area contributed by atoms with E-state index in [9.17, 15) is 13.5 Å². The number of aliphatic hydroxyl groups is 1. The minimum atomic E-state index is -3.78. The number of benzene rings is 2. The van der Waals surface area contributed by atoms with Gasteiger partial charge in [-0.15, -0.1) is 0 Å². The Balaban J connectivity index is 1.33. The number of anilines is 1. The number of β-amino-alcohol motifs (C(OH)–C–C–N with tert-alkyl or cyclic N) is 1. The molecular weight excluding hydrogens is 420 g/mol. The molecular formula is C26H34N2O3S. The first-order valence-corrected chi connectivity index (χ1v) is 13.3. The Bertz CT molecular complexity index is 1000. The highest BCUT2D eigenvalue weighted by Gasteiger charge is 2.50. The van der Waals surface area contributed by atoms with Crippen LogP contribution in [0.2, 0.25) is 0 Å². The molecule has 2 N–H and O–H groups in total. The maximum Gasteiger partial charge on any atom is 0.264 e. The fourth-order valence-electron chi connectivity index (χ4n) is 6.69. The zero-order chi connectivity index (χ0) is 22.3. The lowest BCUT2D eigenvalue weighted by Gasteiger charge is -2.57. The van der Waals surface area contributed by atoms with Gasteiger partial charge in [0.25, 0.3) is 10.0 Å². The van der Waals surface area contributed by atoms with E-state index in [-0.39, 0.29) is 17.0 Å². The van der Waals surface area contributed by atoms with Crippen LogP contribution in [0.5, 0.6) is 0 Å². The summed E-state index contributed by atoms with van der Waals surface area (Å²) in [4.78, 5) is 0.238. The minimum absolute atomic E-state index is 0.0274. The van der Waals surface area contributed by atoms with Crippen LogP contribution in [0, 0.1) is 24.7 Å². The van der Waals surface area contributed by atoms with Crippen LogP contribution in [0.1, 0.15) is 44.1 Å². The summed E-state index contributed by atoms with van der Waals surface area (Å²) in [7, 11) is -3.78. The number of rotatable bonds is 8. The number of nitrogens with zero attached hydrogens (tertiary/aromatic N) is 1. The Labute approximate surface area is 191 Å². The number of sulfonamides is 1. The van der Waals surface area contributed by atoms with Crippen LogP contribution in [0.3, 0.4) is 0 Å². The van der Waals surface area contributed by atoms with E-state index in [1.54, 1.807) is 30.3 Å². The van der Waals surface area contributed by atoms with Gasteiger partial charge in [0.05, 0.1) is 23.2 Å². The smallest absolute Gasteiger partial charge is 0.264 e. The van der Waals surface area contributed by atoms with Crippen LogP contribution in [-0.4, -0.2) is 38.3 Å². The number of hydrogen-bond donors (Lipinski definition) is 2. The molecule has 0 aliphatic heterocycles. The Kier molecular flexibility index (Phi) is 5.81. The van der Waals surface area contributed by atoms with Crippen molar-refractivity contribution in [3.8, 4) is 0 Å². The van der Waals surface area contributed by atoms with Gasteiger partial charge >= 0.3 is 0 Å². The lowest BCUT2D eigenvalue weighted by molar-refractivity contribution is -0.0242. The molecule has 172 valence electrons. The van der Waals surface area contributed by atoms with Crippen molar-refractivity contribution in [2.75, 3.05) is 17.4 Å². The second kappa shape index (κ2) is 8.47. The Morgan fingerprint density at radius 2 is 1.53 bits per heavy atom. The molecule has 4 saturated carbocycles. The van der Waals surface area contributed by atoms with Crippen LogP contribution >= 0.6 is 0 Å². The molecule has 0 unspecified atom stereocenters. The lowest BCUT2D eigenvalue weighted by Crippen LogP contribution is -2.60. The topological polar surface area (TPSA) is 69.6 Å². The highest BCUT2D eigenvalue weighted by Crippen LogP contribution is 2.55. The number of nitrogens with one attached hydrogen (secondary N) is 1. The van der Waals surface area contributed by atoms with Gasteiger partial charge in [0, 0.05) is 12.1 Å². The third-order valence-corrected chi connectivity index (χ3v) is 9.59. The van der Waals surface area contributed by atoms with E-state index in [4.69, 9.17) is 0 Å². The molecule has 32 heavy (non-hydrogen) atoms. The van der Waals surface area contributed by atoms with Gasteiger partial charge in [-0.25, -0.2) is 8.42 Å². The Morgan fingerprint density at radius 1 is 0.969 bits per heavy atom. The molecule has 0 radical (unpaired) electrons. The van der Waals surface area contributed by atoms with Gasteiger partial charge in [-0.05, 0) is 87.5 Å². The second-order valence-electron chi connectivity index (χ2n) is 10.4. The van der Waals surface area contributed by atoms with Crippen LogP contribution in [0.25, 0.3) is 0 Å². The molecule has 0 spiro atoms. The zero-order valence-electron chi connectivity index (χ0n) is 18.8. The Hall–Kier alpha value is -1.89. The molecule has 4 bridgehead atoms. The van der Waals surface area contributed by atoms with Crippen molar-refractivity contribution in [3.63, 3.8) is 0 Å². The standard InChI is InChI=1S/C26H34N2O3S/c1-19-7-9-23(10-8-19)28(32(30,31)25-5-3-2-4-6-25)18-24(29)17-27-26-14-20-11-21(15-26)13-22(12-20)16-26/h2-10,20-22,24,27,29H,11-18H2,1H3/t20?,21?,22?,24-,26?/m0/s1. The van der Waals surface area contributed by atoms with Crippen molar-refractivity contribution < 1.29 is 13.5 Å². The van der Waals surface area contributed by atoms with Gasteiger partial charge in [0.1, 0.15) is 0 Å². The van der Waals surface area contributed by atoms with Crippen molar-refractivity contribution in [1.82, 2.24) is 5.32 Å². The van der Waals surface area contributed by atoms with E-state index in [2.05, 4.69) is 5.32 Å². The van der Waals surface area contributed by atoms with Crippen molar-refractivity contribution in [3.05, 3.63) is 60.2 Å². The highest BCUT2D eigenvalue weighted by atomic mass is 32.2. The molecule has 6 heteroatoms. The summed E-state index contributed by atoms with van der Waals surface area (Å²) in [5.41, 5.74) is 1.78. The Morgan fingerprint density at radius 3 is 2.09 bits per heavy atom. The van der Waals surface area contributed by atoms with Crippen molar-refractivity contribution in [2.24, 2.45) is 17.8 Å². The quantitative estimate of drug-likeness (QED) is 0.630. The molecule has 0 heterocycles. The fourth-order valence-corrected chi connectivity index (χ4v) is 8.21. The summed E-state index contributed by atoms with van der Waals surface area (Å²) >= 11 is 0. The van der Waals surface area contributed by atoms with E-state index >= 15 is 0 Å². The maximum absolute atomic E-state index is 13.5. The number of aliphatic hydroxyl groups excluding tert-OH is 1. The molecule has 4 aliphatic rings. The monoisotopic (exact) mass is 454 g/mol. The summed E-state index contributed by atoms with van der Waals surface area (Å²) in [6.07, 6.45) is 6.95. The first-order valence-electron chi connectivity index (χ1n) is 11.9. The summed E-state index contributed by atoms with van der Waals surface area (Å²) in [6, 6.07) is 15.9. The summed E-state index contributed by atoms with van der Waals surface area (Å²) in [5.74, 6) is 2.48. The SMILES string of the molecule is Cc1ccc(N(C[C@@H](O)CNC23CC4CC(CC(C4)C2)C3)S(=O)(=O)c2ccccc2)cc1. The average Bonchev–Trinajstić information content (AvgIpc) is 2.76. The lowest BCUT2D eigenvalue weighted by atomic mass is 9.53. The molecule has 0 aromatic heterocycles. The molecule has 2 aromatic rings. The molecule has 0 saturated heterocycles. The van der Waals surface area contributed by atoms with Gasteiger partial charge in [-0.3, -0.25) is 4.31 Å². The highest BCUT2D eigenvalue weighted by molar-refractivity contribution is 7.92. The predicted molar refractivity (Wildman–Crippen MR) is 127 cm³/mol. The minimum Gasteiger partial charge on any atom is -0.390 e. The summed E-state index contributed by atoms with van der Waals surface area (Å²) in [6.45, 7) is 2.42. The molecule has 2 aromatic carbocycles. The van der Waals surface area contributed by atoms with Crippen LogP contribution in [0.15, 0.2) is 59.5 Å². The molecule has 4 fully saturated rings. The van der Waals surface area contributed by atoms with Gasteiger partial charge < -0.3 is 10.4 Å². The van der Waals surface area contributed by atoms with E-state index < -0.39 is 16.1 Å². The maximum atomic E-state index is 13.5. The average molecular weight is 455 g/mol. The van der Waals surface area contributed by atoms with Crippen molar-refractivity contribution >= 4 is 15.7 Å². The van der Waals surface area contributed by atoms with Crippen LogP contribution in [0.4, 0.5) is 5.69 Å². The third kappa shape index (κ3) is 4.33. The summed E-state index contributed by atoms with van der Waals surface area (Å²) < 4.78 is 28.3. The molecule has 4 aliphatic carbocycles. The first kappa shape index (κ1) is 21.9. The molecule has 0 amide bonds.